The Morgan fingerprint density at radius 2 is 2.13 bits per heavy atom. The van der Waals surface area contributed by atoms with Crippen LogP contribution in [0.4, 0.5) is 5.82 Å². The molecule has 0 fully saturated rings. The van der Waals surface area contributed by atoms with Crippen molar-refractivity contribution in [2.75, 3.05) is 5.32 Å². The van der Waals surface area contributed by atoms with Crippen LogP contribution < -0.4 is 11.0 Å². The molecule has 0 saturated heterocycles. The number of carbonyl (C=O) groups is 1. The minimum absolute atomic E-state index is 0.130. The molecule has 82 valence electrons. The fourth-order valence-electron chi connectivity index (χ4n) is 0.770. The van der Waals surface area contributed by atoms with Gasteiger partial charge < -0.3 is 10.5 Å². The van der Waals surface area contributed by atoms with E-state index in [1.807, 2.05) is 0 Å². The molecule has 1 aromatic heterocycles. The second-order valence-corrected chi connectivity index (χ2v) is 4.14. The van der Waals surface area contributed by atoms with E-state index >= 15 is 0 Å². The van der Waals surface area contributed by atoms with Crippen LogP contribution in [0.2, 0.25) is 0 Å². The van der Waals surface area contributed by atoms with Crippen molar-refractivity contribution in [2.24, 2.45) is 5.41 Å². The van der Waals surface area contributed by atoms with Gasteiger partial charge in [-0.05, 0) is 0 Å². The van der Waals surface area contributed by atoms with Gasteiger partial charge in [0.2, 0.25) is 5.91 Å². The zero-order valence-electron chi connectivity index (χ0n) is 8.81. The van der Waals surface area contributed by atoms with Crippen LogP contribution in [-0.2, 0) is 4.79 Å². The van der Waals surface area contributed by atoms with Crippen molar-refractivity contribution in [1.82, 2.24) is 9.71 Å². The molecule has 0 aliphatic heterocycles. The van der Waals surface area contributed by atoms with Crippen molar-refractivity contribution in [3.05, 3.63) is 22.7 Å². The summed E-state index contributed by atoms with van der Waals surface area (Å²) in [5, 5.41) is 11.3. The number of nitrogens with zero attached hydrogens (tertiary/aromatic N) is 2. The maximum atomic E-state index is 11.5. The van der Waals surface area contributed by atoms with Crippen LogP contribution in [-0.4, -0.2) is 20.8 Å². The van der Waals surface area contributed by atoms with Crippen LogP contribution in [0, 0.1) is 5.41 Å². The molecule has 0 aromatic carbocycles. The van der Waals surface area contributed by atoms with Gasteiger partial charge in [-0.1, -0.05) is 20.8 Å². The number of hydrogen-bond donors (Lipinski definition) is 2. The predicted octanol–water partition coefficient (Wildman–Crippen LogP) is 0.465. The van der Waals surface area contributed by atoms with Gasteiger partial charge in [0.25, 0.3) is 0 Å². The highest BCUT2D eigenvalue weighted by Gasteiger charge is 2.21. The van der Waals surface area contributed by atoms with E-state index < -0.39 is 11.1 Å². The van der Waals surface area contributed by atoms with E-state index in [4.69, 9.17) is 5.21 Å². The van der Waals surface area contributed by atoms with Crippen LogP contribution in [0.1, 0.15) is 20.8 Å². The first-order valence-electron chi connectivity index (χ1n) is 4.41. The largest absolute Gasteiger partial charge is 0.424 e. The topological polar surface area (TPSA) is 84.2 Å². The van der Waals surface area contributed by atoms with Crippen molar-refractivity contribution in [2.45, 2.75) is 20.8 Å². The van der Waals surface area contributed by atoms with Crippen molar-refractivity contribution in [3.63, 3.8) is 0 Å². The molecule has 6 heteroatoms. The van der Waals surface area contributed by atoms with Crippen molar-refractivity contribution < 1.29 is 10.0 Å². The summed E-state index contributed by atoms with van der Waals surface area (Å²) in [6, 6.07) is 1.34. The zero-order valence-corrected chi connectivity index (χ0v) is 8.81. The van der Waals surface area contributed by atoms with Gasteiger partial charge in [-0.25, -0.2) is 4.79 Å². The van der Waals surface area contributed by atoms with Gasteiger partial charge >= 0.3 is 5.69 Å². The molecule has 1 amide bonds. The molecule has 1 rings (SSSR count). The van der Waals surface area contributed by atoms with Gasteiger partial charge in [0, 0.05) is 11.5 Å². The highest BCUT2D eigenvalue weighted by atomic mass is 16.5. The van der Waals surface area contributed by atoms with Gasteiger partial charge in [0.05, 0.1) is 6.20 Å². The molecule has 1 aromatic rings. The van der Waals surface area contributed by atoms with Gasteiger partial charge in [0.15, 0.2) is 0 Å². The Morgan fingerprint density at radius 3 is 2.60 bits per heavy atom. The van der Waals surface area contributed by atoms with E-state index in [1.54, 1.807) is 20.8 Å². The molecule has 0 spiro atoms. The van der Waals surface area contributed by atoms with E-state index in [9.17, 15) is 9.59 Å². The number of amides is 1. The van der Waals surface area contributed by atoms with Crippen LogP contribution >= 0.6 is 0 Å². The molecule has 0 atom stereocenters. The molecular weight excluding hydrogens is 198 g/mol. The second-order valence-electron chi connectivity index (χ2n) is 4.14. The minimum Gasteiger partial charge on any atom is -0.424 e. The van der Waals surface area contributed by atoms with Crippen LogP contribution in [0.3, 0.4) is 0 Å². The summed E-state index contributed by atoms with van der Waals surface area (Å²) in [5.74, 6) is -0.115. The van der Waals surface area contributed by atoms with E-state index in [0.29, 0.717) is 4.73 Å². The highest BCUT2D eigenvalue weighted by molar-refractivity contribution is 5.93. The number of hydrogen-bond acceptors (Lipinski definition) is 4. The molecule has 0 radical (unpaired) electrons. The first-order chi connectivity index (χ1) is 6.80. The average molecular weight is 211 g/mol. The fraction of sp³-hybridized carbons (Fsp3) is 0.444. The number of aromatic nitrogens is 2. The highest BCUT2D eigenvalue weighted by Crippen LogP contribution is 2.15. The lowest BCUT2D eigenvalue weighted by Gasteiger charge is -2.16. The van der Waals surface area contributed by atoms with E-state index in [-0.39, 0.29) is 11.7 Å². The van der Waals surface area contributed by atoms with Crippen molar-refractivity contribution >= 4 is 11.7 Å². The van der Waals surface area contributed by atoms with E-state index in [1.165, 1.54) is 6.07 Å². The molecule has 0 bridgehead atoms. The second kappa shape index (κ2) is 3.72. The maximum absolute atomic E-state index is 11.5. The summed E-state index contributed by atoms with van der Waals surface area (Å²) in [7, 11) is 0. The Balaban J connectivity index is 2.87. The average Bonchev–Trinajstić information content (AvgIpc) is 2.10. The molecule has 0 aliphatic carbocycles. The summed E-state index contributed by atoms with van der Waals surface area (Å²) in [6.07, 6.45) is 1.12. The van der Waals surface area contributed by atoms with E-state index in [2.05, 4.69) is 10.3 Å². The summed E-state index contributed by atoms with van der Waals surface area (Å²) >= 11 is 0. The molecule has 1 heterocycles. The molecule has 15 heavy (non-hydrogen) atoms. The van der Waals surface area contributed by atoms with Gasteiger partial charge in [0.1, 0.15) is 5.82 Å². The van der Waals surface area contributed by atoms with Gasteiger partial charge in [-0.15, -0.1) is 4.73 Å². The van der Waals surface area contributed by atoms with Crippen LogP contribution in [0.15, 0.2) is 17.1 Å². The summed E-state index contributed by atoms with van der Waals surface area (Å²) in [6.45, 7) is 5.24. The van der Waals surface area contributed by atoms with Crippen LogP contribution in [0.5, 0.6) is 0 Å². The third kappa shape index (κ3) is 2.80. The minimum atomic E-state index is -0.832. The smallest absolute Gasteiger partial charge is 0.382 e. The Bertz CT molecular complexity index is 431. The number of carbonyl (C=O) groups excluding carboxylic acids is 1. The number of anilines is 1. The summed E-state index contributed by atoms with van der Waals surface area (Å²) in [5.41, 5.74) is -1.39. The molecule has 6 nitrogen and oxygen atoms in total. The molecule has 0 saturated carbocycles. The summed E-state index contributed by atoms with van der Waals surface area (Å²) < 4.78 is 0.340. The Labute approximate surface area is 86.5 Å². The van der Waals surface area contributed by atoms with Crippen LogP contribution in [0.25, 0.3) is 0 Å². The quantitative estimate of drug-likeness (QED) is 0.661. The fourth-order valence-corrected chi connectivity index (χ4v) is 0.770. The molecule has 2 N–H and O–H groups in total. The van der Waals surface area contributed by atoms with Crippen molar-refractivity contribution in [1.29, 1.82) is 0 Å². The number of nitrogens with one attached hydrogen (secondary N) is 1. The first-order valence-corrected chi connectivity index (χ1v) is 4.41. The SMILES string of the molecule is CC(C)(C)C(=O)Nc1ccn(O)c(=O)n1. The maximum Gasteiger partial charge on any atom is 0.382 e. The van der Waals surface area contributed by atoms with Gasteiger partial charge in [-0.3, -0.25) is 4.79 Å². The Morgan fingerprint density at radius 1 is 1.53 bits per heavy atom. The standard InChI is InChI=1S/C9H13N3O3/c1-9(2,3)7(13)10-6-4-5-12(15)8(14)11-6/h4-5,15H,1-3H3,(H,10,11,13,14). The van der Waals surface area contributed by atoms with Crippen molar-refractivity contribution in [3.8, 4) is 0 Å². The van der Waals surface area contributed by atoms with Gasteiger partial charge in [-0.2, -0.15) is 4.98 Å². The molecule has 0 unspecified atom stereocenters. The number of rotatable bonds is 1. The normalized spacial score (nSPS) is 11.1. The zero-order chi connectivity index (χ0) is 11.6. The first kappa shape index (κ1) is 11.2. The predicted molar refractivity (Wildman–Crippen MR) is 53.8 cm³/mol. The monoisotopic (exact) mass is 211 g/mol. The summed E-state index contributed by atoms with van der Waals surface area (Å²) in [4.78, 5) is 25.9. The Hall–Kier alpha value is -1.85. The molecular formula is C9H13N3O3. The lowest BCUT2D eigenvalue weighted by atomic mass is 9.96. The van der Waals surface area contributed by atoms with E-state index in [0.717, 1.165) is 6.20 Å². The third-order valence-corrected chi connectivity index (χ3v) is 1.71. The lowest BCUT2D eigenvalue weighted by molar-refractivity contribution is -0.123. The third-order valence-electron chi connectivity index (χ3n) is 1.71. The molecule has 0 aliphatic rings. The lowest BCUT2D eigenvalue weighted by Crippen LogP contribution is -2.30. The Kier molecular flexibility index (Phi) is 2.78.